The normalized spacial score (nSPS) is 29.4. The molecule has 0 atom stereocenters. The number of amides is 2. The van der Waals surface area contributed by atoms with Crippen LogP contribution in [0.25, 0.3) is 0 Å². The van der Waals surface area contributed by atoms with E-state index in [1.165, 1.54) is 0 Å². The summed E-state index contributed by atoms with van der Waals surface area (Å²) >= 11 is 0. The highest BCUT2D eigenvalue weighted by Gasteiger charge is 2.18. The van der Waals surface area contributed by atoms with Crippen molar-refractivity contribution in [3.05, 3.63) is 0 Å². The van der Waals surface area contributed by atoms with Crippen molar-refractivity contribution in [2.75, 3.05) is 18.6 Å². The molecular formula is C7H14N2O2S. The molecule has 12 heavy (non-hydrogen) atoms. The fourth-order valence-corrected chi connectivity index (χ4v) is 2.49. The van der Waals surface area contributed by atoms with Crippen LogP contribution in [0.5, 0.6) is 0 Å². The van der Waals surface area contributed by atoms with E-state index in [9.17, 15) is 9.00 Å². The second kappa shape index (κ2) is 4.45. The van der Waals surface area contributed by atoms with Gasteiger partial charge in [-0.25, -0.2) is 4.79 Å². The molecule has 1 rings (SSSR count). The SMILES string of the molecule is CNC(=O)NC1CCS(=O)CC1. The van der Waals surface area contributed by atoms with E-state index in [4.69, 9.17) is 0 Å². The van der Waals surface area contributed by atoms with E-state index in [-0.39, 0.29) is 12.1 Å². The monoisotopic (exact) mass is 190 g/mol. The predicted molar refractivity (Wildman–Crippen MR) is 48.5 cm³/mol. The molecule has 1 saturated heterocycles. The van der Waals surface area contributed by atoms with Crippen molar-refractivity contribution in [1.82, 2.24) is 10.6 Å². The molecule has 1 heterocycles. The average molecular weight is 190 g/mol. The van der Waals surface area contributed by atoms with Gasteiger partial charge in [-0.2, -0.15) is 0 Å². The van der Waals surface area contributed by atoms with E-state index >= 15 is 0 Å². The average Bonchev–Trinajstić information content (AvgIpc) is 2.09. The molecule has 0 aromatic rings. The second-order valence-corrected chi connectivity index (χ2v) is 4.54. The van der Waals surface area contributed by atoms with Crippen LogP contribution in [-0.2, 0) is 10.8 Å². The Morgan fingerprint density at radius 3 is 2.50 bits per heavy atom. The van der Waals surface area contributed by atoms with Gasteiger partial charge in [-0.15, -0.1) is 0 Å². The van der Waals surface area contributed by atoms with Gasteiger partial charge >= 0.3 is 6.03 Å². The van der Waals surface area contributed by atoms with E-state index < -0.39 is 10.8 Å². The Morgan fingerprint density at radius 1 is 1.42 bits per heavy atom. The van der Waals surface area contributed by atoms with Crippen LogP contribution in [-0.4, -0.2) is 34.8 Å². The maximum atomic E-state index is 10.9. The molecule has 0 aromatic heterocycles. The van der Waals surface area contributed by atoms with Crippen LogP contribution in [0.3, 0.4) is 0 Å². The number of carbonyl (C=O) groups is 1. The summed E-state index contributed by atoms with van der Waals surface area (Å²) in [7, 11) is 0.944. The standard InChI is InChI=1S/C7H14N2O2S/c1-8-7(10)9-6-2-4-12(11)5-3-6/h6H,2-5H2,1H3,(H2,8,9,10). The number of hydrogen-bond donors (Lipinski definition) is 2. The molecule has 0 spiro atoms. The van der Waals surface area contributed by atoms with Crippen LogP contribution in [0.15, 0.2) is 0 Å². The zero-order chi connectivity index (χ0) is 8.97. The first kappa shape index (κ1) is 9.51. The Morgan fingerprint density at radius 2 is 2.00 bits per heavy atom. The Balaban J connectivity index is 2.26. The van der Waals surface area contributed by atoms with Crippen molar-refractivity contribution in [3.63, 3.8) is 0 Å². The van der Waals surface area contributed by atoms with Gasteiger partial charge in [0, 0.05) is 35.4 Å². The lowest BCUT2D eigenvalue weighted by Crippen LogP contribution is -2.43. The molecular weight excluding hydrogens is 176 g/mol. The molecule has 4 nitrogen and oxygen atoms in total. The van der Waals surface area contributed by atoms with Crippen molar-refractivity contribution in [1.29, 1.82) is 0 Å². The summed E-state index contributed by atoms with van der Waals surface area (Å²) in [5.41, 5.74) is 0. The quantitative estimate of drug-likeness (QED) is 0.603. The van der Waals surface area contributed by atoms with Gasteiger partial charge in [-0.05, 0) is 12.8 Å². The molecule has 0 unspecified atom stereocenters. The van der Waals surface area contributed by atoms with Crippen LogP contribution >= 0.6 is 0 Å². The molecule has 2 amide bonds. The van der Waals surface area contributed by atoms with Crippen LogP contribution < -0.4 is 10.6 Å². The minimum Gasteiger partial charge on any atom is -0.341 e. The molecule has 5 heteroatoms. The predicted octanol–water partition coefficient (Wildman–Crippen LogP) is -0.174. The summed E-state index contributed by atoms with van der Waals surface area (Å²) in [4.78, 5) is 10.9. The van der Waals surface area contributed by atoms with E-state index in [1.54, 1.807) is 7.05 Å². The van der Waals surface area contributed by atoms with Gasteiger partial charge in [0.2, 0.25) is 0 Å². The lowest BCUT2D eigenvalue weighted by molar-refractivity contribution is 0.238. The third kappa shape index (κ3) is 2.81. The second-order valence-electron chi connectivity index (χ2n) is 2.85. The van der Waals surface area contributed by atoms with E-state index in [1.807, 2.05) is 0 Å². The minimum atomic E-state index is -0.649. The molecule has 0 aromatic carbocycles. The highest BCUT2D eigenvalue weighted by Crippen LogP contribution is 2.08. The van der Waals surface area contributed by atoms with Crippen LogP contribution in [0.4, 0.5) is 4.79 Å². The summed E-state index contributed by atoms with van der Waals surface area (Å²) in [6.45, 7) is 0. The van der Waals surface area contributed by atoms with Gasteiger partial charge in [0.1, 0.15) is 0 Å². The zero-order valence-corrected chi connectivity index (χ0v) is 7.95. The lowest BCUT2D eigenvalue weighted by Gasteiger charge is -2.21. The molecule has 1 aliphatic heterocycles. The summed E-state index contributed by atoms with van der Waals surface area (Å²) in [5, 5.41) is 5.30. The van der Waals surface area contributed by atoms with Gasteiger partial charge in [-0.1, -0.05) is 0 Å². The van der Waals surface area contributed by atoms with Gasteiger partial charge < -0.3 is 10.6 Å². The highest BCUT2D eigenvalue weighted by atomic mass is 32.2. The van der Waals surface area contributed by atoms with Gasteiger partial charge in [0.05, 0.1) is 0 Å². The molecule has 1 fully saturated rings. The molecule has 2 N–H and O–H groups in total. The molecule has 70 valence electrons. The highest BCUT2D eigenvalue weighted by molar-refractivity contribution is 7.85. The Bertz CT molecular complexity index is 186. The molecule has 0 radical (unpaired) electrons. The summed E-state index contributed by atoms with van der Waals surface area (Å²) in [5.74, 6) is 1.43. The van der Waals surface area contributed by atoms with E-state index in [0.29, 0.717) is 11.5 Å². The number of hydrogen-bond acceptors (Lipinski definition) is 2. The number of carbonyl (C=O) groups excluding carboxylic acids is 1. The molecule has 1 aliphatic rings. The van der Waals surface area contributed by atoms with Crippen molar-refractivity contribution in [2.45, 2.75) is 18.9 Å². The first-order valence-electron chi connectivity index (χ1n) is 4.05. The maximum Gasteiger partial charge on any atom is 0.314 e. The smallest absolute Gasteiger partial charge is 0.314 e. The summed E-state index contributed by atoms with van der Waals surface area (Å²) < 4.78 is 10.9. The van der Waals surface area contributed by atoms with Gasteiger partial charge in [0.15, 0.2) is 0 Å². The first-order valence-corrected chi connectivity index (χ1v) is 5.54. The largest absolute Gasteiger partial charge is 0.341 e. The third-order valence-corrected chi connectivity index (χ3v) is 3.33. The minimum absolute atomic E-state index is 0.146. The van der Waals surface area contributed by atoms with Crippen LogP contribution in [0, 0.1) is 0 Å². The number of urea groups is 1. The van der Waals surface area contributed by atoms with E-state index in [2.05, 4.69) is 10.6 Å². The lowest BCUT2D eigenvalue weighted by atomic mass is 10.2. The topological polar surface area (TPSA) is 58.2 Å². The summed E-state index contributed by atoms with van der Waals surface area (Å²) in [6, 6.07) is 0.0651. The fraction of sp³-hybridized carbons (Fsp3) is 0.857. The van der Waals surface area contributed by atoms with Crippen molar-refractivity contribution in [2.24, 2.45) is 0 Å². The Kier molecular flexibility index (Phi) is 3.52. The van der Waals surface area contributed by atoms with Crippen molar-refractivity contribution < 1.29 is 9.00 Å². The summed E-state index contributed by atoms with van der Waals surface area (Å²) in [6.07, 6.45) is 1.67. The maximum absolute atomic E-state index is 10.9. The number of nitrogens with one attached hydrogen (secondary N) is 2. The molecule has 0 saturated carbocycles. The van der Waals surface area contributed by atoms with Crippen molar-refractivity contribution >= 4 is 16.8 Å². The van der Waals surface area contributed by atoms with Crippen molar-refractivity contribution in [3.8, 4) is 0 Å². The first-order chi connectivity index (χ1) is 5.72. The van der Waals surface area contributed by atoms with Crippen LogP contribution in [0.1, 0.15) is 12.8 Å². The van der Waals surface area contributed by atoms with E-state index in [0.717, 1.165) is 12.8 Å². The number of rotatable bonds is 1. The van der Waals surface area contributed by atoms with Gasteiger partial charge in [-0.3, -0.25) is 4.21 Å². The molecule has 0 aliphatic carbocycles. The third-order valence-electron chi connectivity index (χ3n) is 1.95. The molecule has 0 bridgehead atoms. The van der Waals surface area contributed by atoms with Gasteiger partial charge in [0.25, 0.3) is 0 Å². The Hall–Kier alpha value is -0.580. The zero-order valence-electron chi connectivity index (χ0n) is 7.13. The Labute approximate surface area is 74.6 Å². The van der Waals surface area contributed by atoms with Crippen LogP contribution in [0.2, 0.25) is 0 Å². The fourth-order valence-electron chi connectivity index (χ4n) is 1.20.